The van der Waals surface area contributed by atoms with E-state index in [1.54, 1.807) is 18.2 Å². The highest BCUT2D eigenvalue weighted by Crippen LogP contribution is 2.32. The maximum atomic E-state index is 12.3. The minimum atomic E-state index is -4.35. The fourth-order valence-electron chi connectivity index (χ4n) is 2.93. The van der Waals surface area contributed by atoms with E-state index in [0.717, 1.165) is 16.9 Å². The Balaban J connectivity index is 1.84. The molecule has 0 fully saturated rings. The van der Waals surface area contributed by atoms with Crippen molar-refractivity contribution in [3.05, 3.63) is 70.8 Å². The van der Waals surface area contributed by atoms with Gasteiger partial charge in [-0.05, 0) is 47.5 Å². The van der Waals surface area contributed by atoms with Gasteiger partial charge in [-0.15, -0.1) is 0 Å². The molecule has 1 unspecified atom stereocenters. The van der Waals surface area contributed by atoms with Crippen LogP contribution in [0.25, 0.3) is 5.70 Å². The van der Waals surface area contributed by atoms with Gasteiger partial charge in [0.05, 0.1) is 6.61 Å². The van der Waals surface area contributed by atoms with Gasteiger partial charge >= 0.3 is 6.18 Å². The van der Waals surface area contributed by atoms with Gasteiger partial charge in [-0.25, -0.2) is 0 Å². The van der Waals surface area contributed by atoms with Crippen LogP contribution in [0.3, 0.4) is 0 Å². The van der Waals surface area contributed by atoms with Gasteiger partial charge in [-0.1, -0.05) is 29.8 Å². The molecule has 0 saturated carbocycles. The molecule has 0 aromatic heterocycles. The van der Waals surface area contributed by atoms with E-state index in [0.29, 0.717) is 17.1 Å². The zero-order valence-electron chi connectivity index (χ0n) is 13.8. The van der Waals surface area contributed by atoms with Crippen molar-refractivity contribution in [3.63, 3.8) is 0 Å². The van der Waals surface area contributed by atoms with Crippen LogP contribution >= 0.6 is 11.6 Å². The second kappa shape index (κ2) is 7.70. The zero-order chi connectivity index (χ0) is 18.7. The molecule has 2 aromatic carbocycles. The summed E-state index contributed by atoms with van der Waals surface area (Å²) in [5.74, 6) is 0. The molecule has 0 saturated heterocycles. The highest BCUT2D eigenvalue weighted by atomic mass is 35.5. The third kappa shape index (κ3) is 4.78. The average molecular weight is 383 g/mol. The molecule has 0 aliphatic carbocycles. The van der Waals surface area contributed by atoms with E-state index in [1.807, 2.05) is 36.4 Å². The van der Waals surface area contributed by atoms with Gasteiger partial charge in [-0.2, -0.15) is 13.2 Å². The number of nitrogens with zero attached hydrogens (tertiary/aromatic N) is 1. The number of rotatable bonds is 5. The van der Waals surface area contributed by atoms with Crippen molar-refractivity contribution in [2.45, 2.75) is 18.8 Å². The Morgan fingerprint density at radius 2 is 1.88 bits per heavy atom. The molecule has 1 aliphatic heterocycles. The van der Waals surface area contributed by atoms with Gasteiger partial charge in [0, 0.05) is 29.0 Å². The van der Waals surface area contributed by atoms with E-state index in [4.69, 9.17) is 22.1 Å². The first-order chi connectivity index (χ1) is 12.3. The maximum absolute atomic E-state index is 12.3. The Morgan fingerprint density at radius 3 is 2.58 bits per heavy atom. The van der Waals surface area contributed by atoms with E-state index in [9.17, 15) is 13.2 Å². The van der Waals surface area contributed by atoms with Gasteiger partial charge in [-0.3, -0.25) is 0 Å². The van der Waals surface area contributed by atoms with Gasteiger partial charge in [0.2, 0.25) is 0 Å². The number of alkyl halides is 3. The van der Waals surface area contributed by atoms with E-state index >= 15 is 0 Å². The van der Waals surface area contributed by atoms with Crippen LogP contribution in [-0.2, 0) is 11.3 Å². The van der Waals surface area contributed by atoms with Crippen molar-refractivity contribution >= 4 is 23.0 Å². The summed E-state index contributed by atoms with van der Waals surface area (Å²) in [6.45, 7) is -0.845. The van der Waals surface area contributed by atoms with Crippen LogP contribution in [0.15, 0.2) is 54.6 Å². The fraction of sp³-hybridized carbons (Fsp3) is 0.263. The normalized spacial score (nSPS) is 17.5. The van der Waals surface area contributed by atoms with Crippen molar-refractivity contribution in [2.75, 3.05) is 18.1 Å². The number of benzene rings is 2. The van der Waals surface area contributed by atoms with E-state index in [-0.39, 0.29) is 12.6 Å². The summed E-state index contributed by atoms with van der Waals surface area (Å²) in [7, 11) is 0. The van der Waals surface area contributed by atoms with Crippen molar-refractivity contribution in [1.82, 2.24) is 0 Å². The molecular weight excluding hydrogens is 365 g/mol. The first-order valence-corrected chi connectivity index (χ1v) is 8.44. The quantitative estimate of drug-likeness (QED) is 0.820. The molecule has 0 spiro atoms. The number of ether oxygens (including phenoxy) is 1. The van der Waals surface area contributed by atoms with Crippen LogP contribution in [0.1, 0.15) is 11.1 Å². The molecule has 0 amide bonds. The molecule has 2 N–H and O–H groups in total. The lowest BCUT2D eigenvalue weighted by Gasteiger charge is -2.23. The average Bonchev–Trinajstić information content (AvgIpc) is 2.96. The standard InChI is InChI=1S/C19H18ClF3N2O/c20-15-7-13(11-26-12-19(21,22)23)6-14(8-15)18-9-16(24)10-25(18)17-4-2-1-3-5-17/h1-9,16H,10-12,24H2. The summed E-state index contributed by atoms with van der Waals surface area (Å²) in [5, 5.41) is 0.433. The Morgan fingerprint density at radius 1 is 1.15 bits per heavy atom. The minimum absolute atomic E-state index is 0.144. The van der Waals surface area contributed by atoms with Crippen LogP contribution < -0.4 is 10.6 Å². The summed E-state index contributed by atoms with van der Waals surface area (Å²) < 4.78 is 41.5. The number of hydrogen-bond acceptors (Lipinski definition) is 3. The molecule has 1 heterocycles. The first-order valence-electron chi connectivity index (χ1n) is 8.06. The third-order valence-corrected chi connectivity index (χ3v) is 4.13. The third-order valence-electron chi connectivity index (χ3n) is 3.91. The number of anilines is 1. The molecule has 3 rings (SSSR count). The van der Waals surface area contributed by atoms with Crippen molar-refractivity contribution in [3.8, 4) is 0 Å². The molecule has 1 atom stereocenters. The van der Waals surface area contributed by atoms with Crippen LogP contribution in [0, 0.1) is 0 Å². The fourth-order valence-corrected chi connectivity index (χ4v) is 3.18. The molecule has 138 valence electrons. The number of nitrogens with two attached hydrogens (primary N) is 1. The Bertz CT molecular complexity index is 793. The second-order valence-corrected chi connectivity index (χ2v) is 6.55. The van der Waals surface area contributed by atoms with E-state index in [1.165, 1.54) is 0 Å². The molecule has 0 bridgehead atoms. The van der Waals surface area contributed by atoms with Crippen molar-refractivity contribution in [1.29, 1.82) is 0 Å². The van der Waals surface area contributed by atoms with Gasteiger partial charge in [0.15, 0.2) is 0 Å². The first kappa shape index (κ1) is 18.8. The maximum Gasteiger partial charge on any atom is 0.411 e. The Labute approximate surface area is 154 Å². The van der Waals surface area contributed by atoms with E-state index in [2.05, 4.69) is 4.90 Å². The van der Waals surface area contributed by atoms with Crippen LogP contribution in [0.2, 0.25) is 5.02 Å². The second-order valence-electron chi connectivity index (χ2n) is 6.12. The van der Waals surface area contributed by atoms with Gasteiger partial charge in [0.1, 0.15) is 6.61 Å². The molecule has 7 heteroatoms. The van der Waals surface area contributed by atoms with Gasteiger partial charge < -0.3 is 15.4 Å². The lowest BCUT2D eigenvalue weighted by Crippen LogP contribution is -2.27. The highest BCUT2D eigenvalue weighted by molar-refractivity contribution is 6.30. The summed E-state index contributed by atoms with van der Waals surface area (Å²) in [4.78, 5) is 2.07. The zero-order valence-corrected chi connectivity index (χ0v) is 14.6. The van der Waals surface area contributed by atoms with Crippen LogP contribution in [0.5, 0.6) is 0 Å². The molecule has 26 heavy (non-hydrogen) atoms. The number of hydrogen-bond donors (Lipinski definition) is 1. The predicted molar refractivity (Wildman–Crippen MR) is 96.9 cm³/mol. The number of para-hydroxylation sites is 1. The van der Waals surface area contributed by atoms with Crippen LogP contribution in [0.4, 0.5) is 18.9 Å². The minimum Gasteiger partial charge on any atom is -0.367 e. The number of halogens is 4. The van der Waals surface area contributed by atoms with Crippen molar-refractivity contribution in [2.24, 2.45) is 5.73 Å². The highest BCUT2D eigenvalue weighted by Gasteiger charge is 2.27. The molecular formula is C19H18ClF3N2O. The summed E-state index contributed by atoms with van der Waals surface area (Å²) in [5.41, 5.74) is 9.33. The summed E-state index contributed by atoms with van der Waals surface area (Å²) in [6, 6.07) is 14.8. The topological polar surface area (TPSA) is 38.5 Å². The monoisotopic (exact) mass is 382 g/mol. The Kier molecular flexibility index (Phi) is 5.55. The lowest BCUT2D eigenvalue weighted by atomic mass is 10.1. The molecule has 1 aliphatic rings. The molecule has 3 nitrogen and oxygen atoms in total. The Hall–Kier alpha value is -2.02. The molecule has 2 aromatic rings. The smallest absolute Gasteiger partial charge is 0.367 e. The summed E-state index contributed by atoms with van der Waals surface area (Å²) >= 11 is 6.17. The molecule has 0 radical (unpaired) electrons. The van der Waals surface area contributed by atoms with Crippen LogP contribution in [-0.4, -0.2) is 25.4 Å². The lowest BCUT2D eigenvalue weighted by molar-refractivity contribution is -0.176. The SMILES string of the molecule is NC1C=C(c2cc(Cl)cc(COCC(F)(F)F)c2)N(c2ccccc2)C1. The van der Waals surface area contributed by atoms with Gasteiger partial charge in [0.25, 0.3) is 0 Å². The predicted octanol–water partition coefficient (Wildman–Crippen LogP) is 4.61. The summed E-state index contributed by atoms with van der Waals surface area (Å²) in [6.07, 6.45) is -2.43. The van der Waals surface area contributed by atoms with Crippen molar-refractivity contribution < 1.29 is 17.9 Å². The van der Waals surface area contributed by atoms with E-state index < -0.39 is 12.8 Å². The largest absolute Gasteiger partial charge is 0.411 e.